The monoisotopic (exact) mass is 418 g/mol. The van der Waals surface area contributed by atoms with E-state index in [1.54, 1.807) is 25.1 Å². The van der Waals surface area contributed by atoms with Crippen LogP contribution >= 0.6 is 15.9 Å². The molecule has 3 rings (SSSR count). The summed E-state index contributed by atoms with van der Waals surface area (Å²) in [5.74, 6) is -1.00. The van der Waals surface area contributed by atoms with Crippen molar-refractivity contribution in [1.82, 2.24) is 15.5 Å². The van der Waals surface area contributed by atoms with Crippen LogP contribution in [0.15, 0.2) is 28.7 Å². The predicted molar refractivity (Wildman–Crippen MR) is 96.7 cm³/mol. The van der Waals surface area contributed by atoms with Crippen molar-refractivity contribution in [2.75, 3.05) is 6.54 Å². The van der Waals surface area contributed by atoms with Gasteiger partial charge in [-0.1, -0.05) is 34.1 Å². The SMILES string of the molecule is C[C@@]1(c2ccccc2Br)NC(=O)N(CC(=O)NC2(C#N)CCCC2)C1=O. The number of hydrogen-bond acceptors (Lipinski definition) is 4. The molecule has 0 spiro atoms. The van der Waals surface area contributed by atoms with E-state index in [1.165, 1.54) is 0 Å². The van der Waals surface area contributed by atoms with E-state index in [4.69, 9.17) is 0 Å². The average Bonchev–Trinajstić information content (AvgIpc) is 3.15. The molecule has 1 aliphatic carbocycles. The van der Waals surface area contributed by atoms with Gasteiger partial charge in [-0.15, -0.1) is 0 Å². The highest BCUT2D eigenvalue weighted by Gasteiger charge is 2.50. The first-order valence-electron chi connectivity index (χ1n) is 8.43. The van der Waals surface area contributed by atoms with Crippen LogP contribution in [-0.2, 0) is 15.1 Å². The fourth-order valence-electron chi connectivity index (χ4n) is 3.58. The zero-order chi connectivity index (χ0) is 18.9. The number of hydrogen-bond donors (Lipinski definition) is 2. The quantitative estimate of drug-likeness (QED) is 0.731. The number of halogens is 1. The van der Waals surface area contributed by atoms with Gasteiger partial charge in [0.2, 0.25) is 5.91 Å². The Balaban J connectivity index is 1.77. The van der Waals surface area contributed by atoms with E-state index < -0.39 is 35.5 Å². The fourth-order valence-corrected chi connectivity index (χ4v) is 4.26. The predicted octanol–water partition coefficient (Wildman–Crippen LogP) is 2.17. The van der Waals surface area contributed by atoms with Crippen LogP contribution in [0.3, 0.4) is 0 Å². The van der Waals surface area contributed by atoms with Gasteiger partial charge < -0.3 is 10.6 Å². The van der Waals surface area contributed by atoms with Crippen LogP contribution in [0.5, 0.6) is 0 Å². The maximum absolute atomic E-state index is 12.9. The Morgan fingerprint density at radius 2 is 2.00 bits per heavy atom. The molecule has 1 aromatic carbocycles. The lowest BCUT2D eigenvalue weighted by Gasteiger charge is -2.25. The highest BCUT2D eigenvalue weighted by Crippen LogP contribution is 2.34. The number of imide groups is 1. The second kappa shape index (κ2) is 6.72. The molecule has 1 saturated heterocycles. The molecule has 0 radical (unpaired) electrons. The third-order valence-corrected chi connectivity index (χ3v) is 5.73. The Bertz CT molecular complexity index is 813. The molecule has 0 aromatic heterocycles. The van der Waals surface area contributed by atoms with Gasteiger partial charge in [-0.25, -0.2) is 4.79 Å². The second-order valence-electron chi connectivity index (χ2n) is 6.88. The topological polar surface area (TPSA) is 102 Å². The Morgan fingerprint density at radius 1 is 1.35 bits per heavy atom. The molecule has 2 N–H and O–H groups in total. The standard InChI is InChI=1S/C18H19BrN4O3/c1-17(12-6-2-3-7-13(12)19)15(25)23(16(26)22-17)10-14(24)21-18(11-20)8-4-5-9-18/h2-3,6-7H,4-5,8-10H2,1H3,(H,21,24)(H,22,26)/t17-/m0/s1. The van der Waals surface area contributed by atoms with Gasteiger partial charge in [-0.05, 0) is 38.7 Å². The van der Waals surface area contributed by atoms with E-state index in [9.17, 15) is 19.6 Å². The Labute approximate surface area is 159 Å². The van der Waals surface area contributed by atoms with Crippen LogP contribution in [0.4, 0.5) is 4.79 Å². The van der Waals surface area contributed by atoms with Crippen LogP contribution in [0.25, 0.3) is 0 Å². The summed E-state index contributed by atoms with van der Waals surface area (Å²) in [6.45, 7) is 1.20. The van der Waals surface area contributed by atoms with E-state index in [-0.39, 0.29) is 0 Å². The zero-order valence-corrected chi connectivity index (χ0v) is 15.9. The zero-order valence-electron chi connectivity index (χ0n) is 14.3. The van der Waals surface area contributed by atoms with Gasteiger partial charge >= 0.3 is 6.03 Å². The molecule has 136 valence electrons. The first-order chi connectivity index (χ1) is 12.3. The summed E-state index contributed by atoms with van der Waals surface area (Å²) in [5.41, 5.74) is -1.52. The molecule has 2 fully saturated rings. The third kappa shape index (κ3) is 3.07. The average molecular weight is 419 g/mol. The van der Waals surface area contributed by atoms with E-state index in [1.807, 2.05) is 6.07 Å². The van der Waals surface area contributed by atoms with E-state index in [2.05, 4.69) is 32.6 Å². The molecule has 26 heavy (non-hydrogen) atoms. The van der Waals surface area contributed by atoms with Gasteiger partial charge in [0.15, 0.2) is 0 Å². The van der Waals surface area contributed by atoms with Crippen LogP contribution < -0.4 is 10.6 Å². The van der Waals surface area contributed by atoms with Gasteiger partial charge in [0, 0.05) is 10.0 Å². The molecule has 0 bridgehead atoms. The summed E-state index contributed by atoms with van der Waals surface area (Å²) in [7, 11) is 0. The first-order valence-corrected chi connectivity index (χ1v) is 9.22. The number of nitrogens with zero attached hydrogens (tertiary/aromatic N) is 2. The molecule has 1 aromatic rings. The number of nitriles is 1. The lowest BCUT2D eigenvalue weighted by Crippen LogP contribution is -2.50. The molecule has 1 heterocycles. The summed E-state index contributed by atoms with van der Waals surface area (Å²) in [6.07, 6.45) is 2.92. The molecule has 1 aliphatic heterocycles. The highest BCUT2D eigenvalue weighted by atomic mass is 79.9. The lowest BCUT2D eigenvalue weighted by molar-refractivity contribution is -0.135. The number of benzene rings is 1. The number of carbonyl (C=O) groups is 3. The van der Waals surface area contributed by atoms with E-state index in [0.717, 1.165) is 17.7 Å². The summed E-state index contributed by atoms with van der Waals surface area (Å²) in [4.78, 5) is 38.5. The van der Waals surface area contributed by atoms with Gasteiger partial charge in [0.25, 0.3) is 5.91 Å². The summed E-state index contributed by atoms with van der Waals surface area (Å²) >= 11 is 3.40. The molecule has 7 nitrogen and oxygen atoms in total. The lowest BCUT2D eigenvalue weighted by atomic mass is 9.92. The van der Waals surface area contributed by atoms with Gasteiger partial charge in [0.05, 0.1) is 6.07 Å². The van der Waals surface area contributed by atoms with Crippen molar-refractivity contribution in [1.29, 1.82) is 5.26 Å². The fraction of sp³-hybridized carbons (Fsp3) is 0.444. The van der Waals surface area contributed by atoms with Gasteiger partial charge in [-0.3, -0.25) is 14.5 Å². The summed E-state index contributed by atoms with van der Waals surface area (Å²) < 4.78 is 0.692. The van der Waals surface area contributed by atoms with Crippen molar-refractivity contribution in [3.63, 3.8) is 0 Å². The normalized spacial score (nSPS) is 24.3. The Morgan fingerprint density at radius 3 is 2.62 bits per heavy atom. The van der Waals surface area contributed by atoms with Crippen LogP contribution in [-0.4, -0.2) is 34.8 Å². The second-order valence-corrected chi connectivity index (χ2v) is 7.73. The van der Waals surface area contributed by atoms with Crippen LogP contribution in [0.2, 0.25) is 0 Å². The number of urea groups is 1. The number of carbonyl (C=O) groups excluding carboxylic acids is 3. The van der Waals surface area contributed by atoms with Crippen molar-refractivity contribution in [3.8, 4) is 6.07 Å². The van der Waals surface area contributed by atoms with E-state index in [0.29, 0.717) is 22.9 Å². The minimum Gasteiger partial charge on any atom is -0.336 e. The molecule has 2 aliphatic rings. The van der Waals surface area contributed by atoms with Crippen molar-refractivity contribution in [2.24, 2.45) is 0 Å². The van der Waals surface area contributed by atoms with Crippen molar-refractivity contribution in [3.05, 3.63) is 34.3 Å². The minimum absolute atomic E-state index is 0.409. The Hall–Kier alpha value is -2.40. The van der Waals surface area contributed by atoms with E-state index >= 15 is 0 Å². The number of rotatable bonds is 4. The smallest absolute Gasteiger partial charge is 0.325 e. The largest absolute Gasteiger partial charge is 0.336 e. The molecular formula is C18H19BrN4O3. The van der Waals surface area contributed by atoms with Crippen molar-refractivity contribution >= 4 is 33.8 Å². The maximum Gasteiger partial charge on any atom is 0.325 e. The van der Waals surface area contributed by atoms with Crippen molar-refractivity contribution < 1.29 is 14.4 Å². The minimum atomic E-state index is -1.25. The van der Waals surface area contributed by atoms with Crippen molar-refractivity contribution in [2.45, 2.75) is 43.7 Å². The molecule has 1 atom stereocenters. The number of amides is 4. The molecule has 0 unspecified atom stereocenters. The number of nitrogens with one attached hydrogen (secondary N) is 2. The molecular weight excluding hydrogens is 400 g/mol. The van der Waals surface area contributed by atoms with Crippen LogP contribution in [0.1, 0.15) is 38.2 Å². The third-order valence-electron chi connectivity index (χ3n) is 5.04. The summed E-state index contributed by atoms with van der Waals surface area (Å²) in [6, 6.07) is 8.65. The summed E-state index contributed by atoms with van der Waals surface area (Å²) in [5, 5.41) is 14.7. The first kappa shape index (κ1) is 18.4. The molecule has 4 amide bonds. The maximum atomic E-state index is 12.9. The van der Waals surface area contributed by atoms with Gasteiger partial charge in [0.1, 0.15) is 17.6 Å². The van der Waals surface area contributed by atoms with Crippen LogP contribution in [0, 0.1) is 11.3 Å². The Kier molecular flexibility index (Phi) is 4.76. The highest BCUT2D eigenvalue weighted by molar-refractivity contribution is 9.10. The van der Waals surface area contributed by atoms with Gasteiger partial charge in [-0.2, -0.15) is 5.26 Å². The molecule has 1 saturated carbocycles. The molecule has 8 heteroatoms.